The Kier molecular flexibility index (Phi) is 10.6. The predicted molar refractivity (Wildman–Crippen MR) is 99.1 cm³/mol. The van der Waals surface area contributed by atoms with Gasteiger partial charge < -0.3 is 10.6 Å². The Morgan fingerprint density at radius 2 is 2.00 bits per heavy atom. The first kappa shape index (κ1) is 20.0. The molecule has 20 heavy (non-hydrogen) atoms. The van der Waals surface area contributed by atoms with E-state index >= 15 is 0 Å². The number of hydrogen-bond donors (Lipinski definition) is 2. The van der Waals surface area contributed by atoms with Gasteiger partial charge >= 0.3 is 0 Å². The number of aliphatic imine (C=N–C) groups is 1. The second-order valence-electron chi connectivity index (χ2n) is 5.91. The van der Waals surface area contributed by atoms with Gasteiger partial charge in [0.15, 0.2) is 5.96 Å². The molecule has 1 fully saturated rings. The Labute approximate surface area is 142 Å². The highest BCUT2D eigenvalue weighted by atomic mass is 127. The van der Waals surface area contributed by atoms with Gasteiger partial charge in [-0.3, -0.25) is 9.89 Å². The fourth-order valence-corrected chi connectivity index (χ4v) is 2.50. The predicted octanol–water partition coefficient (Wildman–Crippen LogP) is 2.69. The zero-order chi connectivity index (χ0) is 14.3. The fourth-order valence-electron chi connectivity index (χ4n) is 2.50. The minimum Gasteiger partial charge on any atom is -0.355 e. The molecule has 2 atom stereocenters. The molecule has 0 amide bonds. The molecule has 0 saturated carbocycles. The third kappa shape index (κ3) is 6.61. The molecule has 0 aromatic carbocycles. The zero-order valence-corrected chi connectivity index (χ0v) is 16.1. The molecule has 1 aliphatic heterocycles. The monoisotopic (exact) mass is 396 g/mol. The second kappa shape index (κ2) is 10.7. The highest BCUT2D eigenvalue weighted by Gasteiger charge is 2.21. The van der Waals surface area contributed by atoms with Crippen LogP contribution in [0.5, 0.6) is 0 Å². The van der Waals surface area contributed by atoms with Crippen molar-refractivity contribution in [2.24, 2.45) is 10.9 Å². The van der Waals surface area contributed by atoms with Gasteiger partial charge in [0.25, 0.3) is 0 Å². The largest absolute Gasteiger partial charge is 0.355 e. The van der Waals surface area contributed by atoms with Gasteiger partial charge in [0.1, 0.15) is 0 Å². The maximum absolute atomic E-state index is 4.32. The van der Waals surface area contributed by atoms with E-state index in [1.165, 1.54) is 25.8 Å². The molecule has 0 spiro atoms. The zero-order valence-electron chi connectivity index (χ0n) is 13.8. The van der Waals surface area contributed by atoms with Crippen LogP contribution in [0.3, 0.4) is 0 Å². The summed E-state index contributed by atoms with van der Waals surface area (Å²) in [4.78, 5) is 6.90. The van der Waals surface area contributed by atoms with Gasteiger partial charge in [-0.15, -0.1) is 24.0 Å². The van der Waals surface area contributed by atoms with Crippen LogP contribution < -0.4 is 10.6 Å². The van der Waals surface area contributed by atoms with Crippen LogP contribution in [0, 0.1) is 5.92 Å². The maximum Gasteiger partial charge on any atom is 0.191 e. The lowest BCUT2D eigenvalue weighted by Gasteiger charge is -2.35. The molecule has 0 aromatic heterocycles. The minimum atomic E-state index is 0. The summed E-state index contributed by atoms with van der Waals surface area (Å²) in [5.41, 5.74) is 0. The summed E-state index contributed by atoms with van der Waals surface area (Å²) in [5.74, 6) is 1.54. The Balaban J connectivity index is 0.00000361. The lowest BCUT2D eigenvalue weighted by Crippen LogP contribution is -2.50. The topological polar surface area (TPSA) is 39.7 Å². The van der Waals surface area contributed by atoms with E-state index in [2.05, 4.69) is 48.2 Å². The van der Waals surface area contributed by atoms with Crippen LogP contribution in [-0.4, -0.2) is 49.6 Å². The van der Waals surface area contributed by atoms with Crippen molar-refractivity contribution in [1.82, 2.24) is 15.5 Å². The molecule has 1 saturated heterocycles. The van der Waals surface area contributed by atoms with Crippen molar-refractivity contribution in [1.29, 1.82) is 0 Å². The number of rotatable bonds is 5. The number of nitrogens with zero attached hydrogens (tertiary/aromatic N) is 2. The summed E-state index contributed by atoms with van der Waals surface area (Å²) in [5, 5.41) is 6.95. The average molecular weight is 396 g/mol. The Morgan fingerprint density at radius 3 is 2.55 bits per heavy atom. The van der Waals surface area contributed by atoms with Gasteiger partial charge in [0.2, 0.25) is 0 Å². The summed E-state index contributed by atoms with van der Waals surface area (Å²) in [6, 6.07) is 1.10. The van der Waals surface area contributed by atoms with Crippen molar-refractivity contribution < 1.29 is 0 Å². The van der Waals surface area contributed by atoms with Crippen molar-refractivity contribution in [3.63, 3.8) is 0 Å². The minimum absolute atomic E-state index is 0. The van der Waals surface area contributed by atoms with Gasteiger partial charge in [-0.05, 0) is 38.8 Å². The Bertz CT molecular complexity index is 281. The summed E-state index contributed by atoms with van der Waals surface area (Å²) >= 11 is 0. The summed E-state index contributed by atoms with van der Waals surface area (Å²) in [7, 11) is 1.85. The quantitative estimate of drug-likeness (QED) is 0.427. The highest BCUT2D eigenvalue weighted by molar-refractivity contribution is 14.0. The molecular formula is C15H33IN4. The van der Waals surface area contributed by atoms with E-state index in [-0.39, 0.29) is 24.0 Å². The number of likely N-dealkylation sites (tertiary alicyclic amines) is 1. The van der Waals surface area contributed by atoms with E-state index in [1.807, 2.05) is 7.05 Å². The molecule has 2 N–H and O–H groups in total. The summed E-state index contributed by atoms with van der Waals surface area (Å²) in [6.07, 6.45) is 4.01. The molecule has 5 heteroatoms. The second-order valence-corrected chi connectivity index (χ2v) is 5.91. The number of piperidine rings is 1. The van der Waals surface area contributed by atoms with Crippen molar-refractivity contribution >= 4 is 29.9 Å². The molecule has 1 heterocycles. The molecule has 0 radical (unpaired) electrons. The lowest BCUT2D eigenvalue weighted by atomic mass is 10.0. The number of halogens is 1. The number of likely N-dealkylation sites (N-methyl/N-ethyl adjacent to an activating group) is 1. The van der Waals surface area contributed by atoms with Crippen LogP contribution >= 0.6 is 24.0 Å². The Morgan fingerprint density at radius 1 is 1.30 bits per heavy atom. The lowest BCUT2D eigenvalue weighted by molar-refractivity contribution is 0.157. The first-order chi connectivity index (χ1) is 9.08. The van der Waals surface area contributed by atoms with Gasteiger partial charge in [0.05, 0.1) is 0 Å². The van der Waals surface area contributed by atoms with Gasteiger partial charge in [-0.1, -0.05) is 27.2 Å². The van der Waals surface area contributed by atoms with Crippen molar-refractivity contribution in [2.75, 3.05) is 26.7 Å². The van der Waals surface area contributed by atoms with Gasteiger partial charge in [-0.25, -0.2) is 0 Å². The van der Waals surface area contributed by atoms with Crippen molar-refractivity contribution in [2.45, 2.75) is 59.0 Å². The molecule has 1 rings (SSSR count). The molecule has 0 bridgehead atoms. The molecule has 1 aliphatic rings. The molecular weight excluding hydrogens is 363 g/mol. The third-order valence-electron chi connectivity index (χ3n) is 4.25. The van der Waals surface area contributed by atoms with Crippen LogP contribution in [0.25, 0.3) is 0 Å². The van der Waals surface area contributed by atoms with Crippen LogP contribution in [0.1, 0.15) is 47.0 Å². The normalized spacial score (nSPS) is 22.3. The smallest absolute Gasteiger partial charge is 0.191 e. The van der Waals surface area contributed by atoms with E-state index in [4.69, 9.17) is 0 Å². The summed E-state index contributed by atoms with van der Waals surface area (Å²) in [6.45, 7) is 12.3. The van der Waals surface area contributed by atoms with Crippen molar-refractivity contribution in [3.05, 3.63) is 0 Å². The molecule has 0 aliphatic carbocycles. The van der Waals surface area contributed by atoms with Crippen LogP contribution in [0.2, 0.25) is 0 Å². The Hall–Kier alpha value is -0.0400. The maximum atomic E-state index is 4.32. The van der Waals surface area contributed by atoms with E-state index in [0.717, 1.165) is 19.0 Å². The molecule has 4 nitrogen and oxygen atoms in total. The third-order valence-corrected chi connectivity index (χ3v) is 4.25. The van der Waals surface area contributed by atoms with Crippen LogP contribution in [0.4, 0.5) is 0 Å². The first-order valence-electron chi connectivity index (χ1n) is 7.79. The number of nitrogens with one attached hydrogen (secondary N) is 2. The highest BCUT2D eigenvalue weighted by Crippen LogP contribution is 2.15. The van der Waals surface area contributed by atoms with Crippen molar-refractivity contribution in [3.8, 4) is 0 Å². The van der Waals surface area contributed by atoms with E-state index in [9.17, 15) is 0 Å². The van der Waals surface area contributed by atoms with Crippen LogP contribution in [0.15, 0.2) is 4.99 Å². The molecule has 120 valence electrons. The number of hydrogen-bond acceptors (Lipinski definition) is 2. The standard InChI is InChI=1S/C15H32N4.HI/c1-6-19-10-8-7-9-14(19)11-17-15(16-5)18-13(4)12(2)3;/h12-14H,6-11H2,1-5H3,(H2,16,17,18);1H. The average Bonchev–Trinajstić information content (AvgIpc) is 2.43. The first-order valence-corrected chi connectivity index (χ1v) is 7.79. The van der Waals surface area contributed by atoms with E-state index in [1.54, 1.807) is 0 Å². The number of guanidine groups is 1. The summed E-state index contributed by atoms with van der Waals surface area (Å²) < 4.78 is 0. The molecule has 2 unspecified atom stereocenters. The SMILES string of the molecule is CCN1CCCCC1CNC(=NC)NC(C)C(C)C.I. The fraction of sp³-hybridized carbons (Fsp3) is 0.933. The van der Waals surface area contributed by atoms with Gasteiger partial charge in [-0.2, -0.15) is 0 Å². The van der Waals surface area contributed by atoms with E-state index < -0.39 is 0 Å². The molecule has 0 aromatic rings. The van der Waals surface area contributed by atoms with Crippen LogP contribution in [-0.2, 0) is 0 Å². The van der Waals surface area contributed by atoms with Gasteiger partial charge in [0, 0.05) is 25.7 Å². The van der Waals surface area contributed by atoms with E-state index in [0.29, 0.717) is 18.0 Å².